The lowest BCUT2D eigenvalue weighted by Crippen LogP contribution is -2.36. The summed E-state index contributed by atoms with van der Waals surface area (Å²) < 4.78 is 1.99. The van der Waals surface area contributed by atoms with Crippen LogP contribution >= 0.6 is 0 Å². The van der Waals surface area contributed by atoms with Gasteiger partial charge in [-0.15, -0.1) is 0 Å². The molecule has 1 aliphatic heterocycles. The molecule has 4 heteroatoms. The van der Waals surface area contributed by atoms with Crippen LogP contribution < -0.4 is 10.6 Å². The molecule has 1 fully saturated rings. The minimum absolute atomic E-state index is 0.832. The van der Waals surface area contributed by atoms with Gasteiger partial charge >= 0.3 is 0 Å². The Labute approximate surface area is 97.4 Å². The third-order valence-corrected chi connectivity index (χ3v) is 3.13. The third kappa shape index (κ3) is 3.94. The second kappa shape index (κ2) is 6.66. The SMILES string of the molecule is c1cnn(CCCNCC2CCCNC2)c1. The molecule has 16 heavy (non-hydrogen) atoms. The predicted octanol–water partition coefficient (Wildman–Crippen LogP) is 0.862. The van der Waals surface area contributed by atoms with Crippen molar-refractivity contribution < 1.29 is 0 Å². The number of aromatic nitrogens is 2. The summed E-state index contributed by atoms with van der Waals surface area (Å²) in [5.41, 5.74) is 0. The molecule has 1 aromatic rings. The van der Waals surface area contributed by atoms with E-state index >= 15 is 0 Å². The number of hydrogen-bond acceptors (Lipinski definition) is 3. The van der Waals surface area contributed by atoms with E-state index in [0.717, 1.165) is 32.0 Å². The lowest BCUT2D eigenvalue weighted by atomic mass is 10.00. The highest BCUT2D eigenvalue weighted by molar-refractivity contribution is 4.77. The van der Waals surface area contributed by atoms with Crippen LogP contribution in [-0.2, 0) is 6.54 Å². The first kappa shape index (κ1) is 11.6. The van der Waals surface area contributed by atoms with E-state index in [0.29, 0.717) is 0 Å². The van der Waals surface area contributed by atoms with Crippen molar-refractivity contribution >= 4 is 0 Å². The van der Waals surface area contributed by atoms with Crippen LogP contribution in [0, 0.1) is 5.92 Å². The molecule has 2 heterocycles. The molecule has 1 saturated heterocycles. The summed E-state index contributed by atoms with van der Waals surface area (Å²) in [4.78, 5) is 0. The van der Waals surface area contributed by atoms with Crippen molar-refractivity contribution in [1.82, 2.24) is 20.4 Å². The van der Waals surface area contributed by atoms with Gasteiger partial charge in [0.2, 0.25) is 0 Å². The standard InChI is InChI=1S/C12H22N4/c1-4-12(10-13-5-1)11-14-6-2-8-16-9-3-7-15-16/h3,7,9,12-14H,1-2,4-6,8,10-11H2. The van der Waals surface area contributed by atoms with Crippen molar-refractivity contribution in [1.29, 1.82) is 0 Å². The van der Waals surface area contributed by atoms with Crippen molar-refractivity contribution in [3.05, 3.63) is 18.5 Å². The second-order valence-corrected chi connectivity index (χ2v) is 4.54. The van der Waals surface area contributed by atoms with Crippen LogP contribution in [0.15, 0.2) is 18.5 Å². The Morgan fingerprint density at radius 2 is 2.50 bits per heavy atom. The Hall–Kier alpha value is -0.870. The van der Waals surface area contributed by atoms with E-state index in [9.17, 15) is 0 Å². The van der Waals surface area contributed by atoms with Crippen molar-refractivity contribution in [2.45, 2.75) is 25.8 Å². The normalized spacial score (nSPS) is 21.1. The zero-order valence-corrected chi connectivity index (χ0v) is 9.86. The van der Waals surface area contributed by atoms with Gasteiger partial charge in [0.05, 0.1) is 0 Å². The largest absolute Gasteiger partial charge is 0.316 e. The van der Waals surface area contributed by atoms with E-state index in [1.54, 1.807) is 0 Å². The van der Waals surface area contributed by atoms with Crippen LogP contribution in [0.2, 0.25) is 0 Å². The zero-order chi connectivity index (χ0) is 11.1. The number of piperidine rings is 1. The fraction of sp³-hybridized carbons (Fsp3) is 0.750. The summed E-state index contributed by atoms with van der Waals surface area (Å²) in [5.74, 6) is 0.832. The molecule has 1 aromatic heterocycles. The maximum atomic E-state index is 4.18. The number of nitrogens with zero attached hydrogens (tertiary/aromatic N) is 2. The summed E-state index contributed by atoms with van der Waals surface area (Å²) in [6.45, 7) is 5.66. The van der Waals surface area contributed by atoms with Crippen molar-refractivity contribution in [3.63, 3.8) is 0 Å². The Bertz CT molecular complexity index is 265. The molecule has 0 bridgehead atoms. The summed E-state index contributed by atoms with van der Waals surface area (Å²) in [6, 6.07) is 1.97. The molecule has 0 aliphatic carbocycles. The molecule has 0 aromatic carbocycles. The van der Waals surface area contributed by atoms with E-state index in [1.165, 1.54) is 25.9 Å². The van der Waals surface area contributed by atoms with Gasteiger partial charge in [-0.1, -0.05) is 0 Å². The van der Waals surface area contributed by atoms with Gasteiger partial charge in [-0.3, -0.25) is 4.68 Å². The van der Waals surface area contributed by atoms with E-state index in [-0.39, 0.29) is 0 Å². The second-order valence-electron chi connectivity index (χ2n) is 4.54. The highest BCUT2D eigenvalue weighted by atomic mass is 15.3. The quantitative estimate of drug-likeness (QED) is 0.702. The van der Waals surface area contributed by atoms with Gasteiger partial charge in [-0.2, -0.15) is 5.10 Å². The number of hydrogen-bond donors (Lipinski definition) is 2. The summed E-state index contributed by atoms with van der Waals surface area (Å²) in [5, 5.41) is 11.2. The molecular formula is C12H22N4. The van der Waals surface area contributed by atoms with Gasteiger partial charge in [0, 0.05) is 18.9 Å². The molecule has 0 spiro atoms. The maximum absolute atomic E-state index is 4.18. The van der Waals surface area contributed by atoms with Gasteiger partial charge in [0.25, 0.3) is 0 Å². The van der Waals surface area contributed by atoms with Crippen molar-refractivity contribution in [3.8, 4) is 0 Å². The van der Waals surface area contributed by atoms with E-state index in [2.05, 4.69) is 15.7 Å². The smallest absolute Gasteiger partial charge is 0.0489 e. The van der Waals surface area contributed by atoms with Gasteiger partial charge in [-0.05, 0) is 57.4 Å². The summed E-state index contributed by atoms with van der Waals surface area (Å²) in [6.07, 6.45) is 7.72. The molecule has 2 N–H and O–H groups in total. The molecule has 1 atom stereocenters. The molecule has 90 valence electrons. The van der Waals surface area contributed by atoms with Gasteiger partial charge < -0.3 is 10.6 Å². The van der Waals surface area contributed by atoms with Crippen LogP contribution in [0.25, 0.3) is 0 Å². The summed E-state index contributed by atoms with van der Waals surface area (Å²) >= 11 is 0. The lowest BCUT2D eigenvalue weighted by Gasteiger charge is -2.22. The monoisotopic (exact) mass is 222 g/mol. The van der Waals surface area contributed by atoms with Gasteiger partial charge in [0.15, 0.2) is 0 Å². The van der Waals surface area contributed by atoms with Gasteiger partial charge in [0.1, 0.15) is 0 Å². The molecule has 4 nitrogen and oxygen atoms in total. The predicted molar refractivity (Wildman–Crippen MR) is 65.3 cm³/mol. The minimum Gasteiger partial charge on any atom is -0.316 e. The van der Waals surface area contributed by atoms with Gasteiger partial charge in [-0.25, -0.2) is 0 Å². The lowest BCUT2D eigenvalue weighted by molar-refractivity contribution is 0.358. The zero-order valence-electron chi connectivity index (χ0n) is 9.86. The first-order valence-electron chi connectivity index (χ1n) is 6.34. The van der Waals surface area contributed by atoms with Crippen LogP contribution in [0.1, 0.15) is 19.3 Å². The van der Waals surface area contributed by atoms with Crippen molar-refractivity contribution in [2.75, 3.05) is 26.2 Å². The topological polar surface area (TPSA) is 41.9 Å². The first-order chi connectivity index (χ1) is 7.95. The van der Waals surface area contributed by atoms with Crippen LogP contribution in [0.3, 0.4) is 0 Å². The fourth-order valence-corrected chi connectivity index (χ4v) is 2.20. The molecular weight excluding hydrogens is 200 g/mol. The Kier molecular flexibility index (Phi) is 4.83. The number of rotatable bonds is 6. The Morgan fingerprint density at radius 3 is 3.25 bits per heavy atom. The van der Waals surface area contributed by atoms with E-state index in [4.69, 9.17) is 0 Å². The van der Waals surface area contributed by atoms with Crippen LogP contribution in [0.4, 0.5) is 0 Å². The maximum Gasteiger partial charge on any atom is 0.0489 e. The summed E-state index contributed by atoms with van der Waals surface area (Å²) in [7, 11) is 0. The molecule has 1 unspecified atom stereocenters. The highest BCUT2D eigenvalue weighted by Crippen LogP contribution is 2.07. The highest BCUT2D eigenvalue weighted by Gasteiger charge is 2.11. The number of aryl methyl sites for hydroxylation is 1. The molecule has 1 aliphatic rings. The fourth-order valence-electron chi connectivity index (χ4n) is 2.20. The van der Waals surface area contributed by atoms with E-state index < -0.39 is 0 Å². The molecule has 0 radical (unpaired) electrons. The average Bonchev–Trinajstić information content (AvgIpc) is 2.83. The average molecular weight is 222 g/mol. The van der Waals surface area contributed by atoms with E-state index in [1.807, 2.05) is 23.1 Å². The first-order valence-corrected chi connectivity index (χ1v) is 6.34. The van der Waals surface area contributed by atoms with Crippen molar-refractivity contribution in [2.24, 2.45) is 5.92 Å². The van der Waals surface area contributed by atoms with Crippen LogP contribution in [-0.4, -0.2) is 36.0 Å². The number of nitrogens with one attached hydrogen (secondary N) is 2. The minimum atomic E-state index is 0.832. The third-order valence-electron chi connectivity index (χ3n) is 3.13. The Balaban J connectivity index is 1.48. The Morgan fingerprint density at radius 1 is 1.50 bits per heavy atom. The van der Waals surface area contributed by atoms with Crippen LogP contribution in [0.5, 0.6) is 0 Å². The molecule has 0 amide bonds. The molecule has 0 saturated carbocycles. The molecule has 2 rings (SSSR count).